The van der Waals surface area contributed by atoms with Crippen molar-refractivity contribution in [3.8, 4) is 5.75 Å². The first-order valence-electron chi connectivity index (χ1n) is 16.3. The van der Waals surface area contributed by atoms with Gasteiger partial charge in [0.25, 0.3) is 0 Å². The molecule has 0 bridgehead atoms. The van der Waals surface area contributed by atoms with Crippen LogP contribution < -0.4 is 9.64 Å². The third-order valence-electron chi connectivity index (χ3n) is 9.97. The average Bonchev–Trinajstić information content (AvgIpc) is 3.33. The standard InChI is InChI=1S/C34H45N3O6/c1-2-42-26-17-15-25(16-18-26)35-21-10-14-27-28(31(35)39)29-32(40)37(20-8-3-4-9-23-38)30-33(41)36(24-12-6-5-7-13-24)22-11-19-34(29,30)43-27/h10-11,14-19,24,27-30,38H,2-9,12-13,20-23H2,1H3/t27-,28+,29-,30?,34-/m0/s1. The van der Waals surface area contributed by atoms with Gasteiger partial charge in [0, 0.05) is 38.0 Å². The zero-order chi connectivity index (χ0) is 30.0. The third-order valence-corrected chi connectivity index (χ3v) is 9.97. The van der Waals surface area contributed by atoms with Crippen LogP contribution in [0.5, 0.6) is 5.75 Å². The van der Waals surface area contributed by atoms with Gasteiger partial charge in [-0.2, -0.15) is 0 Å². The van der Waals surface area contributed by atoms with Crippen molar-refractivity contribution >= 4 is 23.4 Å². The van der Waals surface area contributed by atoms with Crippen LogP contribution in [0.3, 0.4) is 0 Å². The van der Waals surface area contributed by atoms with Crippen molar-refractivity contribution in [3.63, 3.8) is 0 Å². The van der Waals surface area contributed by atoms with E-state index in [4.69, 9.17) is 9.47 Å². The number of rotatable bonds is 10. The van der Waals surface area contributed by atoms with E-state index in [-0.39, 0.29) is 30.4 Å². The molecule has 6 rings (SSSR count). The van der Waals surface area contributed by atoms with Crippen LogP contribution in [0, 0.1) is 11.8 Å². The number of carbonyl (C=O) groups is 3. The Morgan fingerprint density at radius 2 is 1.70 bits per heavy atom. The number of nitrogens with zero attached hydrogens (tertiary/aromatic N) is 3. The van der Waals surface area contributed by atoms with E-state index in [2.05, 4.69) is 0 Å². The molecule has 1 aromatic rings. The number of carbonyl (C=O) groups excluding carboxylic acids is 3. The van der Waals surface area contributed by atoms with Gasteiger partial charge in [-0.25, -0.2) is 0 Å². The number of ether oxygens (including phenoxy) is 2. The van der Waals surface area contributed by atoms with Crippen LogP contribution in [-0.4, -0.2) is 89.3 Å². The second-order valence-electron chi connectivity index (χ2n) is 12.5. The molecule has 232 valence electrons. The first-order chi connectivity index (χ1) is 21.0. The largest absolute Gasteiger partial charge is 0.494 e. The summed E-state index contributed by atoms with van der Waals surface area (Å²) in [7, 11) is 0. The second kappa shape index (κ2) is 12.8. The smallest absolute Gasteiger partial charge is 0.249 e. The molecule has 5 aliphatic rings. The van der Waals surface area contributed by atoms with E-state index in [1.807, 2.05) is 60.4 Å². The van der Waals surface area contributed by atoms with Gasteiger partial charge >= 0.3 is 0 Å². The van der Waals surface area contributed by atoms with Crippen molar-refractivity contribution in [1.82, 2.24) is 9.80 Å². The van der Waals surface area contributed by atoms with E-state index in [0.29, 0.717) is 26.2 Å². The molecule has 9 nitrogen and oxygen atoms in total. The maximum atomic E-state index is 14.5. The minimum absolute atomic E-state index is 0.0561. The third kappa shape index (κ3) is 5.39. The molecule has 4 heterocycles. The number of amides is 3. The highest BCUT2D eigenvalue weighted by Crippen LogP contribution is 2.54. The fourth-order valence-corrected chi connectivity index (χ4v) is 7.98. The first-order valence-corrected chi connectivity index (χ1v) is 16.3. The zero-order valence-electron chi connectivity index (χ0n) is 25.2. The van der Waals surface area contributed by atoms with Gasteiger partial charge in [0.05, 0.1) is 24.5 Å². The van der Waals surface area contributed by atoms with Gasteiger partial charge in [0.2, 0.25) is 17.7 Å². The molecule has 4 aliphatic heterocycles. The summed E-state index contributed by atoms with van der Waals surface area (Å²) >= 11 is 0. The molecule has 3 amide bonds. The molecule has 1 aromatic carbocycles. The zero-order valence-corrected chi connectivity index (χ0v) is 25.2. The van der Waals surface area contributed by atoms with Crippen LogP contribution in [0.25, 0.3) is 0 Å². The van der Waals surface area contributed by atoms with Gasteiger partial charge < -0.3 is 29.3 Å². The van der Waals surface area contributed by atoms with Gasteiger partial charge in [-0.15, -0.1) is 0 Å². The summed E-state index contributed by atoms with van der Waals surface area (Å²) in [5, 5.41) is 9.21. The second-order valence-corrected chi connectivity index (χ2v) is 12.5. The summed E-state index contributed by atoms with van der Waals surface area (Å²) in [4.78, 5) is 48.8. The van der Waals surface area contributed by atoms with Crippen LogP contribution in [0.1, 0.15) is 64.7 Å². The maximum absolute atomic E-state index is 14.5. The minimum Gasteiger partial charge on any atom is -0.494 e. The molecule has 9 heteroatoms. The quantitative estimate of drug-likeness (QED) is 0.328. The predicted molar refractivity (Wildman–Crippen MR) is 162 cm³/mol. The molecule has 43 heavy (non-hydrogen) atoms. The molecule has 1 N–H and O–H groups in total. The molecule has 1 unspecified atom stereocenters. The summed E-state index contributed by atoms with van der Waals surface area (Å²) in [5.74, 6) is -1.17. The lowest BCUT2D eigenvalue weighted by Gasteiger charge is -2.39. The predicted octanol–water partition coefficient (Wildman–Crippen LogP) is 3.85. The first kappa shape index (κ1) is 29.9. The number of likely N-dealkylation sites (tertiary alicyclic amines) is 1. The van der Waals surface area contributed by atoms with Crippen molar-refractivity contribution in [2.75, 3.05) is 37.7 Å². The van der Waals surface area contributed by atoms with Crippen LogP contribution in [0.4, 0.5) is 5.69 Å². The molecular formula is C34H45N3O6. The van der Waals surface area contributed by atoms with Crippen molar-refractivity contribution in [2.45, 2.75) is 88.5 Å². The molecule has 5 atom stereocenters. The summed E-state index contributed by atoms with van der Waals surface area (Å²) in [6.45, 7) is 3.93. The Bertz CT molecular complexity index is 1240. The monoisotopic (exact) mass is 591 g/mol. The Morgan fingerprint density at radius 1 is 0.930 bits per heavy atom. The number of hydrogen-bond acceptors (Lipinski definition) is 6. The summed E-state index contributed by atoms with van der Waals surface area (Å²) in [6.07, 6.45) is 15.7. The Balaban J connectivity index is 1.33. The topological polar surface area (TPSA) is 99.6 Å². The van der Waals surface area contributed by atoms with E-state index in [9.17, 15) is 19.5 Å². The van der Waals surface area contributed by atoms with Crippen molar-refractivity contribution in [2.24, 2.45) is 11.8 Å². The Kier molecular flexibility index (Phi) is 8.91. The Hall–Kier alpha value is -3.17. The molecular weight excluding hydrogens is 546 g/mol. The lowest BCUT2D eigenvalue weighted by atomic mass is 9.77. The van der Waals surface area contributed by atoms with Gasteiger partial charge in [-0.05, 0) is 56.9 Å². The Morgan fingerprint density at radius 3 is 2.44 bits per heavy atom. The van der Waals surface area contributed by atoms with Gasteiger partial charge in [0.1, 0.15) is 17.4 Å². The highest BCUT2D eigenvalue weighted by molar-refractivity contribution is 6.03. The lowest BCUT2D eigenvalue weighted by Crippen LogP contribution is -2.57. The average molecular weight is 592 g/mol. The van der Waals surface area contributed by atoms with Gasteiger partial charge in [-0.1, -0.05) is 56.4 Å². The summed E-state index contributed by atoms with van der Waals surface area (Å²) in [6, 6.07) is 6.81. The van der Waals surface area contributed by atoms with Crippen LogP contribution in [-0.2, 0) is 19.1 Å². The van der Waals surface area contributed by atoms with Crippen molar-refractivity contribution in [1.29, 1.82) is 0 Å². The molecule has 0 aromatic heterocycles. The molecule has 1 saturated carbocycles. The van der Waals surface area contributed by atoms with Crippen LogP contribution >= 0.6 is 0 Å². The fraction of sp³-hybridized carbons (Fsp3) is 0.618. The number of aliphatic hydroxyl groups excluding tert-OH is 1. The number of anilines is 1. The summed E-state index contributed by atoms with van der Waals surface area (Å²) in [5.41, 5.74) is -0.460. The molecule has 1 aliphatic carbocycles. The SMILES string of the molecule is CCOc1ccc(N2CC=C[C@@H]3O[C@]45C=CCN(C6CCCCC6)C(=O)C4N(CCCCCCO)C(=O)[C@@H]5[C@@H]3C2=O)cc1. The van der Waals surface area contributed by atoms with Crippen LogP contribution in [0.2, 0.25) is 0 Å². The fourth-order valence-electron chi connectivity index (χ4n) is 7.98. The number of hydrogen-bond donors (Lipinski definition) is 1. The number of benzene rings is 1. The number of aliphatic hydroxyl groups is 1. The summed E-state index contributed by atoms with van der Waals surface area (Å²) < 4.78 is 12.4. The molecule has 2 saturated heterocycles. The van der Waals surface area contributed by atoms with E-state index in [1.54, 1.807) is 9.80 Å². The number of unbranched alkanes of at least 4 members (excludes halogenated alkanes) is 3. The van der Waals surface area contributed by atoms with E-state index < -0.39 is 29.6 Å². The minimum atomic E-state index is -1.19. The van der Waals surface area contributed by atoms with Crippen molar-refractivity contribution < 1.29 is 29.0 Å². The highest BCUT2D eigenvalue weighted by Gasteiger charge is 2.71. The molecule has 3 fully saturated rings. The normalized spacial score (nSPS) is 30.7. The van der Waals surface area contributed by atoms with E-state index in [0.717, 1.165) is 62.8 Å². The van der Waals surface area contributed by atoms with Gasteiger partial charge in [-0.3, -0.25) is 14.4 Å². The number of fused-ring (bicyclic) bond motifs is 2. The Labute approximate surface area is 254 Å². The highest BCUT2D eigenvalue weighted by atomic mass is 16.5. The molecule has 0 radical (unpaired) electrons. The maximum Gasteiger partial charge on any atom is 0.249 e. The van der Waals surface area contributed by atoms with Crippen molar-refractivity contribution in [3.05, 3.63) is 48.6 Å². The van der Waals surface area contributed by atoms with Gasteiger partial charge in [0.15, 0.2) is 0 Å². The van der Waals surface area contributed by atoms with Crippen LogP contribution in [0.15, 0.2) is 48.6 Å². The van der Waals surface area contributed by atoms with E-state index in [1.165, 1.54) is 6.42 Å². The van der Waals surface area contributed by atoms with E-state index >= 15 is 0 Å². The molecule has 1 spiro atoms. The lowest BCUT2D eigenvalue weighted by molar-refractivity contribution is -0.149.